The van der Waals surface area contributed by atoms with Crippen LogP contribution in [0.2, 0.25) is 5.02 Å². The molecule has 1 heterocycles. The highest BCUT2D eigenvalue weighted by Gasteiger charge is 2.28. The molecule has 8 heteroatoms. The second-order valence-corrected chi connectivity index (χ2v) is 6.31. The summed E-state index contributed by atoms with van der Waals surface area (Å²) in [4.78, 5) is 16.0. The number of nitrogens with two attached hydrogens (primary N) is 1. The van der Waals surface area contributed by atoms with E-state index in [1.165, 1.54) is 12.8 Å². The van der Waals surface area contributed by atoms with Crippen molar-refractivity contribution in [1.29, 1.82) is 0 Å². The molecule has 1 aliphatic rings. The molecule has 1 unspecified atom stereocenters. The summed E-state index contributed by atoms with van der Waals surface area (Å²) >= 11 is 6.13. The van der Waals surface area contributed by atoms with Crippen LogP contribution in [0.5, 0.6) is 0 Å². The van der Waals surface area contributed by atoms with E-state index in [1.54, 1.807) is 12.3 Å². The van der Waals surface area contributed by atoms with Gasteiger partial charge in [-0.1, -0.05) is 23.7 Å². The van der Waals surface area contributed by atoms with Crippen LogP contribution < -0.4 is 11.1 Å². The highest BCUT2D eigenvalue weighted by molar-refractivity contribution is 6.33. The minimum Gasteiger partial charge on any atom is -0.441 e. The van der Waals surface area contributed by atoms with Gasteiger partial charge in [-0.15, -0.1) is 24.8 Å². The Morgan fingerprint density at radius 2 is 2.08 bits per heavy atom. The average Bonchev–Trinajstić information content (AvgIpc) is 3.30. The monoisotopic (exact) mass is 405 g/mol. The lowest BCUT2D eigenvalue weighted by Crippen LogP contribution is -2.38. The molecule has 25 heavy (non-hydrogen) atoms. The molecule has 1 fully saturated rings. The van der Waals surface area contributed by atoms with Gasteiger partial charge in [-0.05, 0) is 30.9 Å². The van der Waals surface area contributed by atoms with E-state index in [0.29, 0.717) is 42.0 Å². The van der Waals surface area contributed by atoms with E-state index in [9.17, 15) is 4.79 Å². The molecule has 0 aliphatic heterocycles. The van der Waals surface area contributed by atoms with Crippen molar-refractivity contribution in [3.8, 4) is 11.3 Å². The number of oxazole rings is 1. The zero-order valence-corrected chi connectivity index (χ0v) is 16.0. The molecule has 138 valence electrons. The maximum Gasteiger partial charge on any atom is 0.220 e. The third-order valence-corrected chi connectivity index (χ3v) is 4.35. The van der Waals surface area contributed by atoms with Crippen molar-refractivity contribution in [2.45, 2.75) is 31.7 Å². The Morgan fingerprint density at radius 3 is 2.76 bits per heavy atom. The summed E-state index contributed by atoms with van der Waals surface area (Å²) < 4.78 is 5.67. The van der Waals surface area contributed by atoms with Gasteiger partial charge in [0.05, 0.1) is 11.2 Å². The number of carbonyl (C=O) groups excluding carboxylic acids is 1. The van der Waals surface area contributed by atoms with Crippen molar-refractivity contribution < 1.29 is 9.21 Å². The molecule has 1 aliphatic carbocycles. The molecule has 1 amide bonds. The minimum absolute atomic E-state index is 0. The second kappa shape index (κ2) is 10.0. The first-order chi connectivity index (χ1) is 11.1. The zero-order valence-electron chi connectivity index (χ0n) is 13.6. The fourth-order valence-electron chi connectivity index (χ4n) is 2.44. The van der Waals surface area contributed by atoms with Gasteiger partial charge in [-0.25, -0.2) is 4.98 Å². The number of halogens is 3. The second-order valence-electron chi connectivity index (χ2n) is 5.90. The molecule has 1 saturated carbocycles. The first-order valence-electron chi connectivity index (χ1n) is 7.85. The van der Waals surface area contributed by atoms with Gasteiger partial charge in [-0.2, -0.15) is 0 Å². The van der Waals surface area contributed by atoms with Crippen LogP contribution in [0.4, 0.5) is 0 Å². The summed E-state index contributed by atoms with van der Waals surface area (Å²) in [7, 11) is 0. The Balaban J connectivity index is 0.00000156. The van der Waals surface area contributed by atoms with Crippen LogP contribution in [0.3, 0.4) is 0 Å². The molecule has 0 saturated heterocycles. The molecule has 1 aromatic heterocycles. The maximum atomic E-state index is 11.8. The van der Waals surface area contributed by atoms with Crippen LogP contribution in [0.15, 0.2) is 34.9 Å². The average molecular weight is 407 g/mol. The van der Waals surface area contributed by atoms with Gasteiger partial charge in [0.1, 0.15) is 0 Å². The van der Waals surface area contributed by atoms with Crippen LogP contribution in [-0.4, -0.2) is 23.5 Å². The van der Waals surface area contributed by atoms with Gasteiger partial charge < -0.3 is 15.5 Å². The van der Waals surface area contributed by atoms with Crippen LogP contribution >= 0.6 is 36.4 Å². The number of aryl methyl sites for hydroxylation is 1. The van der Waals surface area contributed by atoms with E-state index in [1.807, 2.05) is 18.2 Å². The lowest BCUT2D eigenvalue weighted by molar-refractivity contribution is -0.121. The zero-order chi connectivity index (χ0) is 16.2. The van der Waals surface area contributed by atoms with Crippen LogP contribution in [0.25, 0.3) is 11.3 Å². The van der Waals surface area contributed by atoms with Gasteiger partial charge in [0.2, 0.25) is 5.91 Å². The van der Waals surface area contributed by atoms with E-state index < -0.39 is 0 Å². The van der Waals surface area contributed by atoms with Crippen molar-refractivity contribution in [2.24, 2.45) is 11.7 Å². The summed E-state index contributed by atoms with van der Waals surface area (Å²) in [5.41, 5.74) is 6.76. The maximum absolute atomic E-state index is 11.8. The third kappa shape index (κ3) is 6.19. The Hall–Kier alpha value is -1.27. The predicted octanol–water partition coefficient (Wildman–Crippen LogP) is 3.62. The molecule has 3 rings (SSSR count). The largest absolute Gasteiger partial charge is 0.441 e. The van der Waals surface area contributed by atoms with Crippen LogP contribution in [-0.2, 0) is 11.2 Å². The van der Waals surface area contributed by atoms with Crippen molar-refractivity contribution in [1.82, 2.24) is 10.3 Å². The molecule has 1 atom stereocenters. The number of nitrogens with zero attached hydrogens (tertiary/aromatic N) is 1. The minimum atomic E-state index is -0.0291. The van der Waals surface area contributed by atoms with Crippen molar-refractivity contribution in [2.75, 3.05) is 6.54 Å². The standard InChI is InChI=1S/C17H20ClN3O2.2ClH/c18-13-4-2-1-3-12(13)15-10-21-17(23-15)8-7-16(22)20-9-14(19)11-5-6-11;;/h1-4,10-11,14H,5-9,19H2,(H,20,22);2*1H. The smallest absolute Gasteiger partial charge is 0.220 e. The number of nitrogens with one attached hydrogen (secondary N) is 1. The number of hydrogen-bond acceptors (Lipinski definition) is 4. The van der Waals surface area contributed by atoms with Crippen LogP contribution in [0, 0.1) is 5.92 Å². The van der Waals surface area contributed by atoms with Gasteiger partial charge >= 0.3 is 0 Å². The topological polar surface area (TPSA) is 81.1 Å². The molecule has 5 nitrogen and oxygen atoms in total. The van der Waals surface area contributed by atoms with Gasteiger partial charge in [-0.3, -0.25) is 4.79 Å². The summed E-state index contributed by atoms with van der Waals surface area (Å²) in [5.74, 6) is 1.70. The van der Waals surface area contributed by atoms with Gasteiger partial charge in [0.15, 0.2) is 11.7 Å². The van der Waals surface area contributed by atoms with E-state index in [0.717, 1.165) is 5.56 Å². The summed E-state index contributed by atoms with van der Waals surface area (Å²) in [5, 5.41) is 3.48. The molecule has 0 bridgehead atoms. The summed E-state index contributed by atoms with van der Waals surface area (Å²) in [6.45, 7) is 0.542. The molecule has 1 aromatic carbocycles. The molecular formula is C17H22Cl3N3O2. The fraction of sp³-hybridized carbons (Fsp3) is 0.412. The normalized spacial score (nSPS) is 14.2. The molecule has 0 spiro atoms. The Kier molecular flexibility index (Phi) is 8.73. The van der Waals surface area contributed by atoms with Gasteiger partial charge in [0, 0.05) is 31.0 Å². The SMILES string of the molecule is Cl.Cl.NC(CNC(=O)CCc1ncc(-c2ccccc2Cl)o1)C1CC1. The summed E-state index contributed by atoms with van der Waals surface area (Å²) in [6.07, 6.45) is 4.78. The Labute approximate surface area is 164 Å². The number of benzene rings is 1. The fourth-order valence-corrected chi connectivity index (χ4v) is 2.67. The highest BCUT2D eigenvalue weighted by atomic mass is 35.5. The Morgan fingerprint density at radius 1 is 1.36 bits per heavy atom. The molecule has 3 N–H and O–H groups in total. The lowest BCUT2D eigenvalue weighted by atomic mass is 10.2. The van der Waals surface area contributed by atoms with E-state index in [2.05, 4.69) is 10.3 Å². The van der Waals surface area contributed by atoms with Gasteiger partial charge in [0.25, 0.3) is 0 Å². The summed E-state index contributed by atoms with van der Waals surface area (Å²) in [6, 6.07) is 7.50. The number of hydrogen-bond donors (Lipinski definition) is 2. The van der Waals surface area contributed by atoms with E-state index in [4.69, 9.17) is 21.8 Å². The lowest BCUT2D eigenvalue weighted by Gasteiger charge is -2.10. The molecular weight excluding hydrogens is 385 g/mol. The van der Waals surface area contributed by atoms with Crippen molar-refractivity contribution >= 4 is 42.3 Å². The predicted molar refractivity (Wildman–Crippen MR) is 103 cm³/mol. The molecule has 0 radical (unpaired) electrons. The van der Waals surface area contributed by atoms with Crippen molar-refractivity contribution in [3.05, 3.63) is 41.4 Å². The van der Waals surface area contributed by atoms with E-state index >= 15 is 0 Å². The van der Waals surface area contributed by atoms with Crippen molar-refractivity contribution in [3.63, 3.8) is 0 Å². The molecule has 2 aromatic rings. The first kappa shape index (κ1) is 21.8. The van der Waals surface area contributed by atoms with Crippen LogP contribution in [0.1, 0.15) is 25.2 Å². The quantitative estimate of drug-likeness (QED) is 0.736. The number of carbonyl (C=O) groups is 1. The number of amides is 1. The third-order valence-electron chi connectivity index (χ3n) is 4.02. The Bertz CT molecular complexity index is 689. The van der Waals surface area contributed by atoms with E-state index in [-0.39, 0.29) is 36.8 Å². The highest BCUT2D eigenvalue weighted by Crippen LogP contribution is 2.31. The number of aromatic nitrogens is 1. The first-order valence-corrected chi connectivity index (χ1v) is 8.23. The number of rotatable bonds is 7.